The van der Waals surface area contributed by atoms with Crippen LogP contribution in [0.5, 0.6) is 5.75 Å². The monoisotopic (exact) mass is 306 g/mol. The molecule has 2 aromatic carbocycles. The van der Waals surface area contributed by atoms with Gasteiger partial charge < -0.3 is 9.64 Å². The summed E-state index contributed by atoms with van der Waals surface area (Å²) in [4.78, 5) is 27.2. The predicted molar refractivity (Wildman–Crippen MR) is 84.5 cm³/mol. The first-order valence-electron chi connectivity index (χ1n) is 7.35. The summed E-state index contributed by atoms with van der Waals surface area (Å²) in [5, 5.41) is 0. The van der Waals surface area contributed by atoms with Crippen molar-refractivity contribution in [3.8, 4) is 5.75 Å². The molecule has 2 heterocycles. The Balaban J connectivity index is 1.77. The number of para-hydroxylation sites is 2. The molecule has 0 saturated heterocycles. The van der Waals surface area contributed by atoms with Crippen molar-refractivity contribution in [2.24, 2.45) is 0 Å². The van der Waals surface area contributed by atoms with E-state index in [4.69, 9.17) is 4.74 Å². The highest BCUT2D eigenvalue weighted by Crippen LogP contribution is 2.33. The Morgan fingerprint density at radius 3 is 2.26 bits per heavy atom. The van der Waals surface area contributed by atoms with Gasteiger partial charge in [-0.15, -0.1) is 0 Å². The number of amides is 2. The van der Waals surface area contributed by atoms with E-state index in [0.717, 1.165) is 16.2 Å². The summed E-state index contributed by atoms with van der Waals surface area (Å²) in [6.45, 7) is 0.557. The predicted octanol–water partition coefficient (Wildman–Crippen LogP) is 2.29. The first-order chi connectivity index (χ1) is 11.2. The molecular formula is C18H14N2O3. The third kappa shape index (κ3) is 2.26. The number of fused-ring (bicyclic) bond motifs is 1. The third-order valence-corrected chi connectivity index (χ3v) is 3.96. The molecule has 0 N–H and O–H groups in total. The average Bonchev–Trinajstić information content (AvgIpc) is 2.93. The zero-order chi connectivity index (χ0) is 15.8. The van der Waals surface area contributed by atoms with Gasteiger partial charge in [-0.1, -0.05) is 36.4 Å². The van der Waals surface area contributed by atoms with Gasteiger partial charge in [0.25, 0.3) is 18.2 Å². The van der Waals surface area contributed by atoms with Crippen LogP contribution < -0.4 is 9.64 Å². The van der Waals surface area contributed by atoms with E-state index in [1.165, 1.54) is 12.2 Å². The summed E-state index contributed by atoms with van der Waals surface area (Å²) in [6.07, 6.45) is 1.76. The highest BCUT2D eigenvalue weighted by atomic mass is 16.5. The Bertz CT molecular complexity index is 783. The molecule has 23 heavy (non-hydrogen) atoms. The summed E-state index contributed by atoms with van der Waals surface area (Å²) < 4.78 is 5.99. The second kappa shape index (κ2) is 5.28. The molecule has 0 fully saturated rings. The standard InChI is InChI=1S/C18H14N2O3/c21-16-10-11-17(22)20(16)18-19(14-7-2-1-3-8-14)12-13-6-4-5-9-15(13)23-18/h1-11,18H,12H2. The lowest BCUT2D eigenvalue weighted by molar-refractivity contribution is -0.146. The van der Waals surface area contributed by atoms with Crippen LogP contribution in [0, 0.1) is 0 Å². The van der Waals surface area contributed by atoms with Gasteiger partial charge in [-0.25, -0.2) is 4.90 Å². The summed E-state index contributed by atoms with van der Waals surface area (Å²) in [7, 11) is 0. The van der Waals surface area contributed by atoms with E-state index < -0.39 is 6.35 Å². The molecule has 0 spiro atoms. The molecule has 2 aromatic rings. The molecule has 2 aliphatic heterocycles. The fourth-order valence-corrected chi connectivity index (χ4v) is 2.85. The SMILES string of the molecule is O=C1C=CC(=O)N1C1Oc2ccccc2CN1c1ccccc1. The summed E-state index contributed by atoms with van der Waals surface area (Å²) in [5.74, 6) is -0.0298. The van der Waals surface area contributed by atoms with Crippen LogP contribution in [0.15, 0.2) is 66.7 Å². The molecule has 1 atom stereocenters. The van der Waals surface area contributed by atoms with Crippen LogP contribution in [0.3, 0.4) is 0 Å². The second-order valence-corrected chi connectivity index (χ2v) is 5.40. The minimum absolute atomic E-state index is 0.361. The maximum absolute atomic E-state index is 12.1. The van der Waals surface area contributed by atoms with Crippen molar-refractivity contribution >= 4 is 17.5 Å². The van der Waals surface area contributed by atoms with E-state index >= 15 is 0 Å². The van der Waals surface area contributed by atoms with E-state index in [1.807, 2.05) is 59.5 Å². The molecule has 2 aliphatic rings. The lowest BCUT2D eigenvalue weighted by atomic mass is 10.1. The minimum atomic E-state index is -0.790. The van der Waals surface area contributed by atoms with E-state index in [2.05, 4.69) is 0 Å². The molecule has 0 radical (unpaired) electrons. The van der Waals surface area contributed by atoms with Crippen molar-refractivity contribution in [1.29, 1.82) is 0 Å². The van der Waals surface area contributed by atoms with Gasteiger partial charge in [0.1, 0.15) is 5.75 Å². The van der Waals surface area contributed by atoms with Crippen molar-refractivity contribution < 1.29 is 14.3 Å². The first-order valence-corrected chi connectivity index (χ1v) is 7.35. The zero-order valence-electron chi connectivity index (χ0n) is 12.3. The molecule has 5 nitrogen and oxygen atoms in total. The fourth-order valence-electron chi connectivity index (χ4n) is 2.85. The van der Waals surface area contributed by atoms with Crippen LogP contribution in [0.25, 0.3) is 0 Å². The number of ether oxygens (including phenoxy) is 1. The number of hydrogen-bond donors (Lipinski definition) is 0. The molecule has 1 unspecified atom stereocenters. The minimum Gasteiger partial charge on any atom is -0.451 e. The maximum Gasteiger partial charge on any atom is 0.262 e. The quantitative estimate of drug-likeness (QED) is 0.799. The third-order valence-electron chi connectivity index (χ3n) is 3.96. The van der Waals surface area contributed by atoms with E-state index in [-0.39, 0.29) is 11.8 Å². The molecule has 114 valence electrons. The van der Waals surface area contributed by atoms with Gasteiger partial charge in [-0.05, 0) is 18.2 Å². The molecule has 0 aromatic heterocycles. The van der Waals surface area contributed by atoms with Crippen molar-refractivity contribution in [1.82, 2.24) is 4.90 Å². The van der Waals surface area contributed by atoms with Crippen LogP contribution >= 0.6 is 0 Å². The summed E-state index contributed by atoms with van der Waals surface area (Å²) in [5.41, 5.74) is 1.90. The van der Waals surface area contributed by atoms with Gasteiger partial charge in [-0.3, -0.25) is 9.59 Å². The summed E-state index contributed by atoms with van der Waals surface area (Å²) >= 11 is 0. The number of carbonyl (C=O) groups excluding carboxylic acids is 2. The van der Waals surface area contributed by atoms with Gasteiger partial charge in [0.15, 0.2) is 0 Å². The van der Waals surface area contributed by atoms with E-state index in [1.54, 1.807) is 0 Å². The average molecular weight is 306 g/mol. The Kier molecular flexibility index (Phi) is 3.12. The van der Waals surface area contributed by atoms with Crippen molar-refractivity contribution in [3.63, 3.8) is 0 Å². The summed E-state index contributed by atoms with van der Waals surface area (Å²) in [6, 6.07) is 17.3. The van der Waals surface area contributed by atoms with Gasteiger partial charge >= 0.3 is 0 Å². The van der Waals surface area contributed by atoms with Gasteiger partial charge in [0, 0.05) is 23.4 Å². The van der Waals surface area contributed by atoms with Crippen molar-refractivity contribution in [2.75, 3.05) is 4.90 Å². The number of hydrogen-bond acceptors (Lipinski definition) is 4. The fraction of sp³-hybridized carbons (Fsp3) is 0.111. The molecule has 0 saturated carbocycles. The molecule has 2 amide bonds. The number of nitrogens with zero attached hydrogens (tertiary/aromatic N) is 2. The van der Waals surface area contributed by atoms with Crippen LogP contribution in [-0.4, -0.2) is 23.1 Å². The van der Waals surface area contributed by atoms with E-state index in [9.17, 15) is 9.59 Å². The largest absolute Gasteiger partial charge is 0.451 e. The smallest absolute Gasteiger partial charge is 0.262 e. The number of imide groups is 1. The maximum atomic E-state index is 12.1. The first kappa shape index (κ1) is 13.6. The van der Waals surface area contributed by atoms with Crippen LogP contribution in [-0.2, 0) is 16.1 Å². The number of carbonyl (C=O) groups is 2. The van der Waals surface area contributed by atoms with Crippen LogP contribution in [0.1, 0.15) is 5.56 Å². The highest BCUT2D eigenvalue weighted by Gasteiger charge is 2.39. The van der Waals surface area contributed by atoms with Gasteiger partial charge in [-0.2, -0.15) is 0 Å². The van der Waals surface area contributed by atoms with Gasteiger partial charge in [0.2, 0.25) is 0 Å². The lowest BCUT2D eigenvalue weighted by Crippen LogP contribution is -2.56. The Morgan fingerprint density at radius 2 is 1.52 bits per heavy atom. The second-order valence-electron chi connectivity index (χ2n) is 5.40. The zero-order valence-corrected chi connectivity index (χ0v) is 12.3. The Hall–Kier alpha value is -3.08. The van der Waals surface area contributed by atoms with Crippen LogP contribution in [0.2, 0.25) is 0 Å². The highest BCUT2D eigenvalue weighted by molar-refractivity contribution is 6.13. The Morgan fingerprint density at radius 1 is 0.870 bits per heavy atom. The number of anilines is 1. The van der Waals surface area contributed by atoms with Crippen molar-refractivity contribution in [3.05, 3.63) is 72.3 Å². The number of benzene rings is 2. The van der Waals surface area contributed by atoms with Crippen LogP contribution in [0.4, 0.5) is 5.69 Å². The molecule has 4 rings (SSSR count). The topological polar surface area (TPSA) is 49.9 Å². The Labute approximate surface area is 133 Å². The normalized spacial score (nSPS) is 19.7. The molecule has 0 bridgehead atoms. The molecular weight excluding hydrogens is 292 g/mol. The number of rotatable bonds is 2. The molecule has 5 heteroatoms. The van der Waals surface area contributed by atoms with Gasteiger partial charge in [0.05, 0.1) is 6.54 Å². The lowest BCUT2D eigenvalue weighted by Gasteiger charge is -2.41. The molecule has 0 aliphatic carbocycles. The van der Waals surface area contributed by atoms with Crippen molar-refractivity contribution in [2.45, 2.75) is 12.9 Å². The van der Waals surface area contributed by atoms with E-state index in [0.29, 0.717) is 12.3 Å².